The van der Waals surface area contributed by atoms with Crippen molar-refractivity contribution < 1.29 is 9.21 Å². The highest BCUT2D eigenvalue weighted by Crippen LogP contribution is 2.42. The summed E-state index contributed by atoms with van der Waals surface area (Å²) in [6, 6.07) is 13.3. The Kier molecular flexibility index (Phi) is 4.39. The molecule has 9 nitrogen and oxygen atoms in total. The van der Waals surface area contributed by atoms with Crippen LogP contribution in [0.15, 0.2) is 46.9 Å². The number of benzene rings is 2. The molecule has 4 heterocycles. The van der Waals surface area contributed by atoms with Gasteiger partial charge in [0.1, 0.15) is 5.52 Å². The zero-order chi connectivity index (χ0) is 21.7. The van der Waals surface area contributed by atoms with Gasteiger partial charge in [0.2, 0.25) is 5.89 Å². The Balaban J connectivity index is 1.07. The van der Waals surface area contributed by atoms with E-state index in [9.17, 15) is 4.79 Å². The van der Waals surface area contributed by atoms with Crippen LogP contribution >= 0.6 is 11.6 Å². The Morgan fingerprint density at radius 3 is 2.59 bits per heavy atom. The summed E-state index contributed by atoms with van der Waals surface area (Å²) in [5.74, 6) is 0.536. The number of carbonyl (C=O) groups is 1. The summed E-state index contributed by atoms with van der Waals surface area (Å²) in [6.07, 6.45) is 1.97. The van der Waals surface area contributed by atoms with Crippen LogP contribution in [0.5, 0.6) is 0 Å². The fraction of sp³-hybridized carbons (Fsp3) is 0.318. The molecular formula is C22H20ClN7O2. The summed E-state index contributed by atoms with van der Waals surface area (Å²) in [5, 5.41) is 19.7. The summed E-state index contributed by atoms with van der Waals surface area (Å²) in [7, 11) is 0. The van der Waals surface area contributed by atoms with Crippen LogP contribution in [0.4, 0.5) is 6.01 Å². The van der Waals surface area contributed by atoms with Crippen LogP contribution in [0.25, 0.3) is 22.5 Å². The third kappa shape index (κ3) is 3.29. The molecule has 6 rings (SSSR count). The van der Waals surface area contributed by atoms with Crippen molar-refractivity contribution in [3.63, 3.8) is 0 Å². The molecule has 0 bridgehead atoms. The molecule has 0 saturated carbocycles. The number of rotatable bonds is 3. The van der Waals surface area contributed by atoms with Crippen LogP contribution in [-0.2, 0) is 0 Å². The Morgan fingerprint density at radius 1 is 1.03 bits per heavy atom. The molecule has 32 heavy (non-hydrogen) atoms. The summed E-state index contributed by atoms with van der Waals surface area (Å²) in [4.78, 5) is 16.9. The summed E-state index contributed by atoms with van der Waals surface area (Å²) in [5.41, 5.74) is 3.20. The number of likely N-dealkylation sites (tertiary alicyclic amines) is 1. The van der Waals surface area contributed by atoms with E-state index < -0.39 is 0 Å². The van der Waals surface area contributed by atoms with Crippen molar-refractivity contribution >= 4 is 34.6 Å². The monoisotopic (exact) mass is 449 g/mol. The molecule has 2 fully saturated rings. The number of anilines is 1. The van der Waals surface area contributed by atoms with Gasteiger partial charge in [-0.3, -0.25) is 9.89 Å². The van der Waals surface area contributed by atoms with Crippen LogP contribution < -0.4 is 4.90 Å². The number of nitrogens with one attached hydrogen (secondary N) is 1. The predicted molar refractivity (Wildman–Crippen MR) is 118 cm³/mol. The maximum absolute atomic E-state index is 12.9. The fourth-order valence-electron chi connectivity index (χ4n) is 4.61. The van der Waals surface area contributed by atoms with Crippen molar-refractivity contribution in [1.82, 2.24) is 30.5 Å². The third-order valence-electron chi connectivity index (χ3n) is 6.51. The highest BCUT2D eigenvalue weighted by atomic mass is 35.5. The van der Waals surface area contributed by atoms with Crippen molar-refractivity contribution in [3.8, 4) is 11.5 Å². The maximum atomic E-state index is 12.9. The first-order valence-electron chi connectivity index (χ1n) is 10.5. The van der Waals surface area contributed by atoms with Crippen LogP contribution in [-0.4, -0.2) is 62.6 Å². The van der Waals surface area contributed by atoms with Crippen LogP contribution in [0.3, 0.4) is 0 Å². The predicted octanol–water partition coefficient (Wildman–Crippen LogP) is 3.40. The zero-order valence-electron chi connectivity index (χ0n) is 17.2. The molecule has 0 aliphatic carbocycles. The number of carbonyl (C=O) groups excluding carboxylic acids is 1. The molecule has 0 unspecified atom stereocenters. The van der Waals surface area contributed by atoms with Gasteiger partial charge in [-0.1, -0.05) is 21.9 Å². The second kappa shape index (κ2) is 7.30. The summed E-state index contributed by atoms with van der Waals surface area (Å²) >= 11 is 5.95. The lowest BCUT2D eigenvalue weighted by atomic mass is 9.72. The number of nitrogens with zero attached hydrogens (tertiary/aromatic N) is 6. The van der Waals surface area contributed by atoms with E-state index in [1.165, 1.54) is 0 Å². The quantitative estimate of drug-likeness (QED) is 0.511. The van der Waals surface area contributed by atoms with Crippen molar-refractivity contribution in [2.75, 3.05) is 31.1 Å². The fourth-order valence-corrected chi connectivity index (χ4v) is 4.73. The molecule has 2 aromatic carbocycles. The first kappa shape index (κ1) is 19.2. The van der Waals surface area contributed by atoms with Gasteiger partial charge in [0.25, 0.3) is 5.91 Å². The third-order valence-corrected chi connectivity index (χ3v) is 6.76. The van der Waals surface area contributed by atoms with E-state index in [2.05, 4.69) is 30.5 Å². The van der Waals surface area contributed by atoms with Crippen LogP contribution in [0.1, 0.15) is 23.2 Å². The molecule has 1 N–H and O–H groups in total. The minimum absolute atomic E-state index is 0.0486. The molecule has 2 aliphatic heterocycles. The van der Waals surface area contributed by atoms with Crippen molar-refractivity contribution in [3.05, 3.63) is 53.1 Å². The highest BCUT2D eigenvalue weighted by molar-refractivity contribution is 6.30. The number of piperidine rings is 1. The molecule has 2 aliphatic rings. The number of aromatic nitrogens is 5. The van der Waals surface area contributed by atoms with Crippen molar-refractivity contribution in [2.24, 2.45) is 5.41 Å². The van der Waals surface area contributed by atoms with Gasteiger partial charge in [-0.15, -0.1) is 10.2 Å². The molecule has 0 radical (unpaired) electrons. The summed E-state index contributed by atoms with van der Waals surface area (Å²) < 4.78 is 5.90. The number of hydrogen-bond acceptors (Lipinski definition) is 7. The van der Waals surface area contributed by atoms with E-state index in [-0.39, 0.29) is 11.3 Å². The van der Waals surface area contributed by atoms with Gasteiger partial charge in [0, 0.05) is 47.7 Å². The second-order valence-corrected chi connectivity index (χ2v) is 9.03. The minimum atomic E-state index is 0.0486. The van der Waals surface area contributed by atoms with E-state index in [0.717, 1.165) is 50.1 Å². The van der Waals surface area contributed by atoms with E-state index >= 15 is 0 Å². The van der Waals surface area contributed by atoms with E-state index in [0.29, 0.717) is 28.0 Å². The zero-order valence-corrected chi connectivity index (χ0v) is 17.9. The lowest BCUT2D eigenvalue weighted by Crippen LogP contribution is -2.62. The number of halogens is 1. The molecule has 1 amide bonds. The molecule has 4 aromatic rings. The Bertz CT molecular complexity index is 1280. The number of fused-ring (bicyclic) bond motifs is 1. The molecule has 1 spiro atoms. The summed E-state index contributed by atoms with van der Waals surface area (Å²) in [6.45, 7) is 3.21. The van der Waals surface area contributed by atoms with Gasteiger partial charge in [-0.25, -0.2) is 0 Å². The SMILES string of the molecule is O=C(c1ccc2[nH]nnc2c1)N1CC2(CCN(c3nnc(-c4ccc(Cl)cc4)o3)CC2)C1. The largest absolute Gasteiger partial charge is 0.403 e. The standard InChI is InChI=1S/C22H20ClN7O2/c23-16-4-1-14(2-5-16)19-26-27-21(32-19)29-9-7-22(8-10-29)12-30(13-22)20(31)15-3-6-17-18(11-15)25-28-24-17/h1-6,11H,7-10,12-13H2,(H,24,25,28). The maximum Gasteiger partial charge on any atom is 0.318 e. The Hall–Kier alpha value is -3.46. The van der Waals surface area contributed by atoms with Crippen molar-refractivity contribution in [1.29, 1.82) is 0 Å². The topological polar surface area (TPSA) is 104 Å². The van der Waals surface area contributed by atoms with Gasteiger partial charge in [-0.2, -0.15) is 0 Å². The van der Waals surface area contributed by atoms with Gasteiger partial charge in [-0.05, 0) is 55.3 Å². The van der Waals surface area contributed by atoms with Gasteiger partial charge >= 0.3 is 6.01 Å². The number of amides is 1. The smallest absolute Gasteiger partial charge is 0.318 e. The molecular weight excluding hydrogens is 430 g/mol. The van der Waals surface area contributed by atoms with E-state index in [1.54, 1.807) is 18.2 Å². The van der Waals surface area contributed by atoms with E-state index in [1.807, 2.05) is 29.2 Å². The minimum Gasteiger partial charge on any atom is -0.403 e. The van der Waals surface area contributed by atoms with E-state index in [4.69, 9.17) is 16.0 Å². The number of H-pyrrole nitrogens is 1. The Labute approximate surface area is 188 Å². The number of hydrogen-bond donors (Lipinski definition) is 1. The normalized spacial score (nSPS) is 17.7. The van der Waals surface area contributed by atoms with Crippen LogP contribution in [0, 0.1) is 5.41 Å². The molecule has 10 heteroatoms. The van der Waals surface area contributed by atoms with Gasteiger partial charge in [0.15, 0.2) is 0 Å². The lowest BCUT2D eigenvalue weighted by Gasteiger charge is -2.53. The average Bonchev–Trinajstić information content (AvgIpc) is 3.47. The Morgan fingerprint density at radius 2 is 1.81 bits per heavy atom. The molecule has 162 valence electrons. The first-order chi connectivity index (χ1) is 15.6. The second-order valence-electron chi connectivity index (χ2n) is 8.59. The molecule has 0 atom stereocenters. The average molecular weight is 450 g/mol. The lowest BCUT2D eigenvalue weighted by molar-refractivity contribution is -0.00827. The molecule has 2 aromatic heterocycles. The first-order valence-corrected chi connectivity index (χ1v) is 10.9. The van der Waals surface area contributed by atoms with Gasteiger partial charge < -0.3 is 14.2 Å². The molecule has 2 saturated heterocycles. The van der Waals surface area contributed by atoms with Gasteiger partial charge in [0.05, 0.1) is 5.52 Å². The van der Waals surface area contributed by atoms with Crippen LogP contribution in [0.2, 0.25) is 5.02 Å². The van der Waals surface area contributed by atoms with Crippen molar-refractivity contribution in [2.45, 2.75) is 12.8 Å². The highest BCUT2D eigenvalue weighted by Gasteiger charge is 2.47. The number of aromatic amines is 1.